The maximum atomic E-state index is 12.3. The Morgan fingerprint density at radius 1 is 1.11 bits per heavy atom. The number of carbonyl (C=O) groups is 1. The molecule has 0 saturated carbocycles. The fraction of sp³-hybridized carbons (Fsp3) is 0.917. The molecule has 0 aromatic rings. The summed E-state index contributed by atoms with van der Waals surface area (Å²) in [5.41, 5.74) is 0. The van der Waals surface area contributed by atoms with Crippen molar-refractivity contribution in [3.63, 3.8) is 0 Å². The van der Waals surface area contributed by atoms with E-state index < -0.39 is 7.75 Å². The quantitative estimate of drug-likeness (QED) is 0.491. The van der Waals surface area contributed by atoms with E-state index in [1.165, 1.54) is 0 Å². The average Bonchev–Trinajstić information content (AvgIpc) is 2.29. The molecule has 0 atom stereocenters. The van der Waals surface area contributed by atoms with E-state index in [0.29, 0.717) is 13.2 Å². The Bertz CT molecular complexity index is 267. The van der Waals surface area contributed by atoms with Crippen LogP contribution in [-0.2, 0) is 18.4 Å². The number of hydrogen-bond acceptors (Lipinski definition) is 4. The molecular formula is C12H26NO4P. The highest BCUT2D eigenvalue weighted by molar-refractivity contribution is 7.52. The van der Waals surface area contributed by atoms with E-state index in [0.717, 1.165) is 25.7 Å². The van der Waals surface area contributed by atoms with Crippen LogP contribution in [0.15, 0.2) is 0 Å². The smallest absolute Gasteiger partial charge is 0.292 e. The summed E-state index contributed by atoms with van der Waals surface area (Å²) in [6, 6.07) is 0. The third-order valence-corrected chi connectivity index (χ3v) is 3.83. The van der Waals surface area contributed by atoms with Gasteiger partial charge in [0.25, 0.3) is 0 Å². The van der Waals surface area contributed by atoms with Gasteiger partial charge in [0.15, 0.2) is 0 Å². The Morgan fingerprint density at radius 2 is 1.56 bits per heavy atom. The summed E-state index contributed by atoms with van der Waals surface area (Å²) >= 11 is 0. The van der Waals surface area contributed by atoms with E-state index in [2.05, 4.69) is 5.09 Å². The van der Waals surface area contributed by atoms with Gasteiger partial charge >= 0.3 is 7.75 Å². The third kappa shape index (κ3) is 7.85. The molecule has 0 bridgehead atoms. The lowest BCUT2D eigenvalue weighted by atomic mass is 10.2. The van der Waals surface area contributed by atoms with Crippen LogP contribution in [0.1, 0.15) is 53.4 Å². The maximum absolute atomic E-state index is 12.3. The van der Waals surface area contributed by atoms with E-state index in [9.17, 15) is 9.36 Å². The van der Waals surface area contributed by atoms with Gasteiger partial charge in [0, 0.05) is 5.92 Å². The standard InChI is InChI=1S/C12H26NO4P/c1-5-7-9-16-18(15,17-10-8-6-2)13-12(14)11(3)4/h11H,5-10H2,1-4H3,(H,13,14,15). The summed E-state index contributed by atoms with van der Waals surface area (Å²) in [7, 11) is -3.49. The molecule has 0 radical (unpaired) electrons. The Hall–Kier alpha value is -0.380. The number of amides is 1. The van der Waals surface area contributed by atoms with Gasteiger partial charge in [0.1, 0.15) is 0 Å². The maximum Gasteiger partial charge on any atom is 0.434 e. The Balaban J connectivity index is 4.38. The van der Waals surface area contributed by atoms with Crippen molar-refractivity contribution in [3.8, 4) is 0 Å². The van der Waals surface area contributed by atoms with Crippen molar-refractivity contribution < 1.29 is 18.4 Å². The molecule has 0 aliphatic heterocycles. The van der Waals surface area contributed by atoms with Gasteiger partial charge in [0.2, 0.25) is 5.91 Å². The Kier molecular flexibility index (Phi) is 9.34. The summed E-state index contributed by atoms with van der Waals surface area (Å²) < 4.78 is 22.8. The molecule has 0 aliphatic carbocycles. The molecule has 108 valence electrons. The first-order valence-electron chi connectivity index (χ1n) is 6.66. The first-order valence-corrected chi connectivity index (χ1v) is 8.20. The van der Waals surface area contributed by atoms with Gasteiger partial charge in [-0.25, -0.2) is 4.57 Å². The molecule has 0 aromatic heterocycles. The first-order chi connectivity index (χ1) is 8.45. The zero-order valence-corrected chi connectivity index (χ0v) is 12.8. The van der Waals surface area contributed by atoms with Crippen LogP contribution in [0, 0.1) is 5.92 Å². The Labute approximate surface area is 110 Å². The van der Waals surface area contributed by atoms with Crippen LogP contribution in [0.25, 0.3) is 0 Å². The lowest BCUT2D eigenvalue weighted by Crippen LogP contribution is -2.27. The fourth-order valence-electron chi connectivity index (χ4n) is 1.02. The van der Waals surface area contributed by atoms with Gasteiger partial charge in [-0.05, 0) is 12.8 Å². The monoisotopic (exact) mass is 279 g/mol. The largest absolute Gasteiger partial charge is 0.434 e. The molecule has 0 aliphatic rings. The summed E-state index contributed by atoms with van der Waals surface area (Å²) in [4.78, 5) is 11.6. The second-order valence-electron chi connectivity index (χ2n) is 4.50. The fourth-order valence-corrected chi connectivity index (χ4v) is 2.49. The SMILES string of the molecule is CCCCOP(=O)(NC(=O)C(C)C)OCCCC. The molecular weight excluding hydrogens is 253 g/mol. The van der Waals surface area contributed by atoms with Crippen molar-refractivity contribution in [2.75, 3.05) is 13.2 Å². The van der Waals surface area contributed by atoms with Crippen LogP contribution in [0.2, 0.25) is 0 Å². The van der Waals surface area contributed by atoms with Crippen molar-refractivity contribution in [3.05, 3.63) is 0 Å². The average molecular weight is 279 g/mol. The van der Waals surface area contributed by atoms with Crippen molar-refractivity contribution in [1.82, 2.24) is 5.09 Å². The van der Waals surface area contributed by atoms with E-state index in [1.54, 1.807) is 13.8 Å². The van der Waals surface area contributed by atoms with Gasteiger partial charge in [-0.2, -0.15) is 0 Å². The highest BCUT2D eigenvalue weighted by atomic mass is 31.2. The van der Waals surface area contributed by atoms with Crippen LogP contribution >= 0.6 is 7.75 Å². The third-order valence-electron chi connectivity index (χ3n) is 2.29. The lowest BCUT2D eigenvalue weighted by Gasteiger charge is -2.20. The van der Waals surface area contributed by atoms with Crippen LogP contribution in [0.5, 0.6) is 0 Å². The molecule has 0 unspecified atom stereocenters. The first kappa shape index (κ1) is 17.6. The van der Waals surface area contributed by atoms with Crippen molar-refractivity contribution in [1.29, 1.82) is 0 Å². The molecule has 5 nitrogen and oxygen atoms in total. The molecule has 1 amide bonds. The predicted molar refractivity (Wildman–Crippen MR) is 72.3 cm³/mol. The molecule has 0 fully saturated rings. The molecule has 0 spiro atoms. The molecule has 6 heteroatoms. The molecule has 18 heavy (non-hydrogen) atoms. The van der Waals surface area contributed by atoms with Crippen LogP contribution in [-0.4, -0.2) is 19.1 Å². The van der Waals surface area contributed by atoms with E-state index >= 15 is 0 Å². The molecule has 0 rings (SSSR count). The normalized spacial score (nSPS) is 11.8. The van der Waals surface area contributed by atoms with Crippen LogP contribution in [0.4, 0.5) is 0 Å². The zero-order valence-electron chi connectivity index (χ0n) is 11.9. The minimum absolute atomic E-state index is 0.247. The predicted octanol–water partition coefficient (Wildman–Crippen LogP) is 3.50. The molecule has 0 heterocycles. The summed E-state index contributed by atoms with van der Waals surface area (Å²) in [5.74, 6) is -0.561. The van der Waals surface area contributed by atoms with Crippen molar-refractivity contribution >= 4 is 13.7 Å². The highest BCUT2D eigenvalue weighted by Gasteiger charge is 2.28. The summed E-state index contributed by atoms with van der Waals surface area (Å²) in [6.07, 6.45) is 3.46. The number of nitrogens with one attached hydrogen (secondary N) is 1. The van der Waals surface area contributed by atoms with E-state index in [4.69, 9.17) is 9.05 Å². The molecule has 1 N–H and O–H groups in total. The summed E-state index contributed by atoms with van der Waals surface area (Å²) in [5, 5.41) is 2.38. The molecule has 0 saturated heterocycles. The summed E-state index contributed by atoms with van der Waals surface area (Å²) in [6.45, 7) is 8.16. The highest BCUT2D eigenvalue weighted by Crippen LogP contribution is 2.44. The van der Waals surface area contributed by atoms with Crippen molar-refractivity contribution in [2.45, 2.75) is 53.4 Å². The number of carbonyl (C=O) groups excluding carboxylic acids is 1. The Morgan fingerprint density at radius 3 is 1.89 bits per heavy atom. The van der Waals surface area contributed by atoms with Crippen LogP contribution < -0.4 is 5.09 Å². The number of rotatable bonds is 10. The minimum atomic E-state index is -3.49. The van der Waals surface area contributed by atoms with Gasteiger partial charge < -0.3 is 0 Å². The van der Waals surface area contributed by atoms with Gasteiger partial charge in [-0.3, -0.25) is 18.9 Å². The topological polar surface area (TPSA) is 64.6 Å². The zero-order chi connectivity index (χ0) is 14.0. The second-order valence-corrected chi connectivity index (χ2v) is 6.24. The second kappa shape index (κ2) is 9.54. The van der Waals surface area contributed by atoms with Gasteiger partial charge in [-0.15, -0.1) is 0 Å². The van der Waals surface area contributed by atoms with Crippen molar-refractivity contribution in [2.24, 2.45) is 5.92 Å². The molecule has 0 aromatic carbocycles. The van der Waals surface area contributed by atoms with Gasteiger partial charge in [-0.1, -0.05) is 40.5 Å². The lowest BCUT2D eigenvalue weighted by molar-refractivity contribution is -0.122. The minimum Gasteiger partial charge on any atom is -0.292 e. The van der Waals surface area contributed by atoms with E-state index in [1.807, 2.05) is 13.8 Å². The number of unbranched alkanes of at least 4 members (excludes halogenated alkanes) is 2. The van der Waals surface area contributed by atoms with Crippen LogP contribution in [0.3, 0.4) is 0 Å². The number of hydrogen-bond donors (Lipinski definition) is 1. The van der Waals surface area contributed by atoms with E-state index in [-0.39, 0.29) is 11.8 Å². The van der Waals surface area contributed by atoms with Gasteiger partial charge in [0.05, 0.1) is 13.2 Å².